The van der Waals surface area contributed by atoms with Gasteiger partial charge in [-0.1, -0.05) is 29.0 Å². The predicted molar refractivity (Wildman–Crippen MR) is 72.9 cm³/mol. The van der Waals surface area contributed by atoms with E-state index in [4.69, 9.17) is 11.6 Å². The molecular weight excluding hydrogens is 272 g/mol. The number of nitrogens with zero attached hydrogens (tertiary/aromatic N) is 1. The van der Waals surface area contributed by atoms with Gasteiger partial charge in [-0.2, -0.15) is 0 Å². The van der Waals surface area contributed by atoms with Gasteiger partial charge in [0.25, 0.3) is 0 Å². The van der Waals surface area contributed by atoms with Crippen LogP contribution < -0.4 is 5.32 Å². The molecule has 0 amide bonds. The minimum absolute atomic E-state index is 0.386. The first-order valence-electron chi connectivity index (χ1n) is 5.18. The Labute approximate surface area is 114 Å². The maximum Gasteiger partial charge on any atom is 0.349 e. The lowest BCUT2D eigenvalue weighted by molar-refractivity contribution is 0.0606. The molecule has 0 unspecified atom stereocenters. The second-order valence-electron chi connectivity index (χ2n) is 3.56. The summed E-state index contributed by atoms with van der Waals surface area (Å²) >= 11 is 7.26. The summed E-state index contributed by atoms with van der Waals surface area (Å²) in [6, 6.07) is 5.58. The first-order valence-corrected chi connectivity index (χ1v) is 6.37. The molecule has 0 aliphatic rings. The first kappa shape index (κ1) is 12.9. The van der Waals surface area contributed by atoms with Crippen LogP contribution in [0.3, 0.4) is 0 Å². The van der Waals surface area contributed by atoms with Crippen molar-refractivity contribution in [2.75, 3.05) is 12.4 Å². The Morgan fingerprint density at radius 2 is 2.28 bits per heavy atom. The van der Waals surface area contributed by atoms with Crippen LogP contribution in [0.1, 0.15) is 15.2 Å². The number of nitrogens with one attached hydrogen (secondary N) is 1. The second-order valence-corrected chi connectivity index (χ2v) is 5.00. The van der Waals surface area contributed by atoms with Crippen LogP contribution in [0.2, 0.25) is 5.02 Å². The van der Waals surface area contributed by atoms with Crippen molar-refractivity contribution in [2.24, 2.45) is 0 Å². The van der Waals surface area contributed by atoms with Gasteiger partial charge in [-0.05, 0) is 24.6 Å². The fourth-order valence-corrected chi connectivity index (χ4v) is 2.31. The van der Waals surface area contributed by atoms with Crippen molar-refractivity contribution < 1.29 is 9.53 Å². The molecule has 94 valence electrons. The fourth-order valence-electron chi connectivity index (χ4n) is 1.38. The standard InChI is InChI=1S/C12H11ClN2O2S/c1-7-8(13)4-3-5-9(7)15-12-14-6-10(18-12)11(16)17-2/h3-6H,1-2H3,(H,14,15). The van der Waals surface area contributed by atoms with Crippen molar-refractivity contribution in [3.05, 3.63) is 39.9 Å². The van der Waals surface area contributed by atoms with E-state index in [2.05, 4.69) is 15.0 Å². The van der Waals surface area contributed by atoms with Crippen LogP contribution in [0.5, 0.6) is 0 Å². The second kappa shape index (κ2) is 5.37. The average Bonchev–Trinajstić information content (AvgIpc) is 2.82. The number of carbonyl (C=O) groups is 1. The molecule has 0 aliphatic carbocycles. The number of carbonyl (C=O) groups excluding carboxylic acids is 1. The molecule has 18 heavy (non-hydrogen) atoms. The summed E-state index contributed by atoms with van der Waals surface area (Å²) in [5.41, 5.74) is 1.81. The van der Waals surface area contributed by atoms with E-state index in [1.165, 1.54) is 24.6 Å². The Morgan fingerprint density at radius 3 is 3.00 bits per heavy atom. The summed E-state index contributed by atoms with van der Waals surface area (Å²) in [5, 5.41) is 4.44. The van der Waals surface area contributed by atoms with Crippen molar-refractivity contribution in [1.82, 2.24) is 4.98 Å². The van der Waals surface area contributed by atoms with E-state index in [0.717, 1.165) is 11.3 Å². The normalized spacial score (nSPS) is 10.2. The van der Waals surface area contributed by atoms with Gasteiger partial charge in [0.1, 0.15) is 4.88 Å². The van der Waals surface area contributed by atoms with Crippen molar-refractivity contribution >= 4 is 39.7 Å². The molecule has 0 spiro atoms. The Morgan fingerprint density at radius 1 is 1.50 bits per heavy atom. The molecule has 0 saturated heterocycles. The largest absolute Gasteiger partial charge is 0.465 e. The van der Waals surface area contributed by atoms with Crippen molar-refractivity contribution in [3.63, 3.8) is 0 Å². The number of hydrogen-bond acceptors (Lipinski definition) is 5. The summed E-state index contributed by atoms with van der Waals surface area (Å²) in [5.74, 6) is -0.386. The zero-order chi connectivity index (χ0) is 13.1. The highest BCUT2D eigenvalue weighted by molar-refractivity contribution is 7.17. The monoisotopic (exact) mass is 282 g/mol. The third-order valence-electron chi connectivity index (χ3n) is 2.40. The lowest BCUT2D eigenvalue weighted by Crippen LogP contribution is -1.96. The van der Waals surface area contributed by atoms with Crippen LogP contribution in [0, 0.1) is 6.92 Å². The van der Waals surface area contributed by atoms with E-state index in [1.54, 1.807) is 0 Å². The summed E-state index contributed by atoms with van der Waals surface area (Å²) in [6.45, 7) is 1.92. The highest BCUT2D eigenvalue weighted by Gasteiger charge is 2.11. The SMILES string of the molecule is COC(=O)c1cnc(Nc2cccc(Cl)c2C)s1. The molecule has 1 aromatic carbocycles. The smallest absolute Gasteiger partial charge is 0.349 e. The van der Waals surface area contributed by atoms with E-state index >= 15 is 0 Å². The molecule has 1 aromatic heterocycles. The average molecular weight is 283 g/mol. The Hall–Kier alpha value is -1.59. The molecule has 0 bridgehead atoms. The van der Waals surface area contributed by atoms with Crippen LogP contribution in [-0.4, -0.2) is 18.1 Å². The van der Waals surface area contributed by atoms with Gasteiger partial charge in [-0.25, -0.2) is 9.78 Å². The van der Waals surface area contributed by atoms with Crippen LogP contribution in [-0.2, 0) is 4.74 Å². The third-order valence-corrected chi connectivity index (χ3v) is 3.70. The van der Waals surface area contributed by atoms with Crippen molar-refractivity contribution in [3.8, 4) is 0 Å². The first-order chi connectivity index (χ1) is 8.61. The van der Waals surface area contributed by atoms with Gasteiger partial charge in [-0.15, -0.1) is 0 Å². The molecule has 0 saturated carbocycles. The van der Waals surface area contributed by atoms with Crippen LogP contribution in [0.25, 0.3) is 0 Å². The number of anilines is 2. The topological polar surface area (TPSA) is 51.2 Å². The highest BCUT2D eigenvalue weighted by atomic mass is 35.5. The zero-order valence-electron chi connectivity index (χ0n) is 9.86. The van der Waals surface area contributed by atoms with E-state index in [9.17, 15) is 4.79 Å². The molecule has 0 aliphatic heterocycles. The number of aromatic nitrogens is 1. The van der Waals surface area contributed by atoms with Gasteiger partial charge in [0.15, 0.2) is 5.13 Å². The maximum absolute atomic E-state index is 11.3. The molecule has 0 atom stereocenters. The van der Waals surface area contributed by atoms with E-state index in [-0.39, 0.29) is 5.97 Å². The Kier molecular flexibility index (Phi) is 3.84. The zero-order valence-corrected chi connectivity index (χ0v) is 11.4. The fraction of sp³-hybridized carbons (Fsp3) is 0.167. The minimum atomic E-state index is -0.386. The summed E-state index contributed by atoms with van der Waals surface area (Å²) in [6.07, 6.45) is 1.48. The number of ether oxygens (including phenoxy) is 1. The molecule has 1 N–H and O–H groups in total. The quantitative estimate of drug-likeness (QED) is 0.873. The summed E-state index contributed by atoms with van der Waals surface area (Å²) < 4.78 is 4.63. The van der Waals surface area contributed by atoms with Crippen molar-refractivity contribution in [1.29, 1.82) is 0 Å². The molecule has 6 heteroatoms. The minimum Gasteiger partial charge on any atom is -0.465 e. The molecule has 0 fully saturated rings. The van der Waals surface area contributed by atoms with Crippen LogP contribution in [0.4, 0.5) is 10.8 Å². The van der Waals surface area contributed by atoms with E-state index < -0.39 is 0 Å². The van der Waals surface area contributed by atoms with Crippen LogP contribution >= 0.6 is 22.9 Å². The number of halogens is 1. The molecule has 2 rings (SSSR count). The van der Waals surface area contributed by atoms with Gasteiger partial charge in [0.05, 0.1) is 13.3 Å². The van der Waals surface area contributed by atoms with Gasteiger partial charge in [0, 0.05) is 10.7 Å². The molecular formula is C12H11ClN2O2S. The number of benzene rings is 1. The van der Waals surface area contributed by atoms with E-state index in [0.29, 0.717) is 15.0 Å². The molecule has 2 aromatic rings. The van der Waals surface area contributed by atoms with Gasteiger partial charge in [0.2, 0.25) is 0 Å². The molecule has 4 nitrogen and oxygen atoms in total. The number of methoxy groups -OCH3 is 1. The Balaban J connectivity index is 2.21. The number of hydrogen-bond donors (Lipinski definition) is 1. The maximum atomic E-state index is 11.3. The van der Waals surface area contributed by atoms with Gasteiger partial charge >= 0.3 is 5.97 Å². The van der Waals surface area contributed by atoms with Crippen LogP contribution in [0.15, 0.2) is 24.4 Å². The number of thiazole rings is 1. The molecule has 1 heterocycles. The lowest BCUT2D eigenvalue weighted by atomic mass is 10.2. The third kappa shape index (κ3) is 2.63. The van der Waals surface area contributed by atoms with Gasteiger partial charge in [-0.3, -0.25) is 0 Å². The lowest BCUT2D eigenvalue weighted by Gasteiger charge is -2.07. The molecule has 0 radical (unpaired) electrons. The predicted octanol–water partition coefficient (Wildman–Crippen LogP) is 3.64. The number of esters is 1. The summed E-state index contributed by atoms with van der Waals surface area (Å²) in [7, 11) is 1.34. The number of rotatable bonds is 3. The Bertz CT molecular complexity index is 583. The summed E-state index contributed by atoms with van der Waals surface area (Å²) in [4.78, 5) is 15.9. The van der Waals surface area contributed by atoms with Crippen molar-refractivity contribution in [2.45, 2.75) is 6.92 Å². The highest BCUT2D eigenvalue weighted by Crippen LogP contribution is 2.28. The van der Waals surface area contributed by atoms with Gasteiger partial charge < -0.3 is 10.1 Å². The van der Waals surface area contributed by atoms with E-state index in [1.807, 2.05) is 25.1 Å².